The van der Waals surface area contributed by atoms with Crippen molar-refractivity contribution in [2.75, 3.05) is 18.5 Å². The average Bonchev–Trinajstić information content (AvgIpc) is 2.42. The fraction of sp³-hybridized carbons (Fsp3) is 0.615. The molecule has 0 atom stereocenters. The summed E-state index contributed by atoms with van der Waals surface area (Å²) in [5, 5.41) is 12.2. The lowest BCUT2D eigenvalue weighted by Crippen LogP contribution is -2.36. The van der Waals surface area contributed by atoms with Crippen molar-refractivity contribution in [1.82, 2.24) is 4.98 Å². The van der Waals surface area contributed by atoms with Gasteiger partial charge in [0.2, 0.25) is 0 Å². The van der Waals surface area contributed by atoms with Gasteiger partial charge in [-0.2, -0.15) is 9.37 Å². The van der Waals surface area contributed by atoms with Crippen molar-refractivity contribution in [3.63, 3.8) is 0 Å². The van der Waals surface area contributed by atoms with Crippen molar-refractivity contribution in [2.45, 2.75) is 32.1 Å². The Morgan fingerprint density at radius 3 is 2.47 bits per heavy atom. The zero-order valence-corrected chi connectivity index (χ0v) is 10.6. The van der Waals surface area contributed by atoms with Crippen LogP contribution in [-0.4, -0.2) is 23.2 Å². The predicted molar refractivity (Wildman–Crippen MR) is 65.2 cm³/mol. The monoisotopic (exact) mass is 274 g/mol. The molecule has 1 aliphatic carbocycles. The molecule has 1 saturated carbocycles. The van der Waals surface area contributed by atoms with Crippen molar-refractivity contribution >= 4 is 5.82 Å². The van der Waals surface area contributed by atoms with E-state index in [4.69, 9.17) is 0 Å². The second-order valence-corrected chi connectivity index (χ2v) is 5.16. The smallest absolute Gasteiger partial charge is 0.251 e. The van der Waals surface area contributed by atoms with Crippen LogP contribution in [0.1, 0.15) is 32.1 Å². The van der Waals surface area contributed by atoms with E-state index in [0.29, 0.717) is 12.6 Å². The molecule has 106 valence electrons. The van der Waals surface area contributed by atoms with Gasteiger partial charge in [-0.15, -0.1) is 0 Å². The first-order valence-electron chi connectivity index (χ1n) is 6.43. The highest BCUT2D eigenvalue weighted by atomic mass is 19.2. The predicted octanol–water partition coefficient (Wildman–Crippen LogP) is 2.85. The molecule has 0 radical (unpaired) electrons. The highest BCUT2D eigenvalue weighted by Gasteiger charge is 2.31. The molecular weight excluding hydrogens is 257 g/mol. The molecule has 19 heavy (non-hydrogen) atoms. The fourth-order valence-electron chi connectivity index (χ4n) is 2.53. The molecule has 1 fully saturated rings. The number of pyridine rings is 1. The van der Waals surface area contributed by atoms with Gasteiger partial charge in [0.05, 0.1) is 6.61 Å². The SMILES string of the molecule is OCC1(CNc2nc(F)c(F)cc2F)CCCCC1. The summed E-state index contributed by atoms with van der Waals surface area (Å²) < 4.78 is 39.1. The Morgan fingerprint density at radius 2 is 1.84 bits per heavy atom. The van der Waals surface area contributed by atoms with E-state index in [1.165, 1.54) is 0 Å². The number of hydrogen-bond donors (Lipinski definition) is 2. The van der Waals surface area contributed by atoms with E-state index in [9.17, 15) is 18.3 Å². The summed E-state index contributed by atoms with van der Waals surface area (Å²) in [6.07, 6.45) is 4.81. The number of anilines is 1. The van der Waals surface area contributed by atoms with Gasteiger partial charge in [-0.3, -0.25) is 0 Å². The van der Waals surface area contributed by atoms with Gasteiger partial charge < -0.3 is 10.4 Å². The fourth-order valence-corrected chi connectivity index (χ4v) is 2.53. The van der Waals surface area contributed by atoms with Gasteiger partial charge >= 0.3 is 0 Å². The second kappa shape index (κ2) is 5.77. The van der Waals surface area contributed by atoms with E-state index in [1.54, 1.807) is 0 Å². The number of hydrogen-bond acceptors (Lipinski definition) is 3. The third-order valence-electron chi connectivity index (χ3n) is 3.77. The van der Waals surface area contributed by atoms with Gasteiger partial charge in [0.1, 0.15) is 0 Å². The molecular formula is C13H17F3N2O. The number of aliphatic hydroxyl groups excluding tert-OH is 1. The van der Waals surface area contributed by atoms with Gasteiger partial charge in [0.25, 0.3) is 5.95 Å². The van der Waals surface area contributed by atoms with Crippen LogP contribution in [0.5, 0.6) is 0 Å². The maximum absolute atomic E-state index is 13.4. The molecule has 0 aromatic carbocycles. The Kier molecular flexibility index (Phi) is 4.29. The summed E-state index contributed by atoms with van der Waals surface area (Å²) in [5.41, 5.74) is -0.322. The second-order valence-electron chi connectivity index (χ2n) is 5.16. The first kappa shape index (κ1) is 14.1. The van der Waals surface area contributed by atoms with Gasteiger partial charge in [-0.1, -0.05) is 19.3 Å². The average molecular weight is 274 g/mol. The highest BCUT2D eigenvalue weighted by Crippen LogP contribution is 2.36. The number of aromatic nitrogens is 1. The minimum Gasteiger partial charge on any atom is -0.396 e. The summed E-state index contributed by atoms with van der Waals surface area (Å²) in [6.45, 7) is 0.295. The van der Waals surface area contributed by atoms with Gasteiger partial charge in [0.15, 0.2) is 17.5 Å². The van der Waals surface area contributed by atoms with Crippen LogP contribution in [0.25, 0.3) is 0 Å². The molecule has 0 spiro atoms. The van der Waals surface area contributed by atoms with E-state index in [-0.39, 0.29) is 17.8 Å². The summed E-state index contributed by atoms with van der Waals surface area (Å²) in [6, 6.07) is 0.469. The Bertz CT molecular complexity index is 448. The molecule has 1 heterocycles. The number of aliphatic hydroxyl groups is 1. The molecule has 0 saturated heterocycles. The maximum atomic E-state index is 13.4. The first-order valence-corrected chi connectivity index (χ1v) is 6.43. The van der Waals surface area contributed by atoms with Crippen LogP contribution in [0.2, 0.25) is 0 Å². The maximum Gasteiger partial charge on any atom is 0.251 e. The van der Waals surface area contributed by atoms with Crippen molar-refractivity contribution < 1.29 is 18.3 Å². The molecule has 3 nitrogen and oxygen atoms in total. The zero-order valence-electron chi connectivity index (χ0n) is 10.6. The highest BCUT2D eigenvalue weighted by molar-refractivity contribution is 5.36. The number of rotatable bonds is 4. The lowest BCUT2D eigenvalue weighted by molar-refractivity contribution is 0.0942. The molecule has 0 aliphatic heterocycles. The molecule has 2 N–H and O–H groups in total. The molecule has 0 amide bonds. The van der Waals surface area contributed by atoms with Gasteiger partial charge in [-0.25, -0.2) is 8.78 Å². The lowest BCUT2D eigenvalue weighted by Gasteiger charge is -2.35. The van der Waals surface area contributed by atoms with E-state index >= 15 is 0 Å². The quantitative estimate of drug-likeness (QED) is 0.830. The normalized spacial score (nSPS) is 18.3. The molecule has 6 heteroatoms. The Labute approximate surface area is 109 Å². The molecule has 0 bridgehead atoms. The van der Waals surface area contributed by atoms with Crippen molar-refractivity contribution in [2.24, 2.45) is 5.41 Å². The Balaban J connectivity index is 2.07. The van der Waals surface area contributed by atoms with Crippen LogP contribution in [0.15, 0.2) is 6.07 Å². The Morgan fingerprint density at radius 1 is 1.16 bits per heavy atom. The third-order valence-corrected chi connectivity index (χ3v) is 3.77. The molecule has 1 aromatic rings. The number of halogens is 3. The molecule has 1 aromatic heterocycles. The molecule has 0 unspecified atom stereocenters. The first-order chi connectivity index (χ1) is 9.06. The summed E-state index contributed by atoms with van der Waals surface area (Å²) in [5.74, 6) is -3.87. The van der Waals surface area contributed by atoms with Crippen molar-refractivity contribution in [3.8, 4) is 0 Å². The number of nitrogens with one attached hydrogen (secondary N) is 1. The summed E-state index contributed by atoms with van der Waals surface area (Å²) in [4.78, 5) is 3.21. The van der Waals surface area contributed by atoms with E-state index in [1.807, 2.05) is 0 Å². The standard InChI is InChI=1S/C13H17F3N2O/c14-9-6-10(15)12(18-11(9)16)17-7-13(8-19)4-2-1-3-5-13/h6,19H,1-5,7-8H2,(H,17,18). The van der Waals surface area contributed by atoms with Crippen LogP contribution >= 0.6 is 0 Å². The third kappa shape index (κ3) is 3.18. The summed E-state index contributed by atoms with van der Waals surface area (Å²) >= 11 is 0. The van der Waals surface area contributed by atoms with Crippen LogP contribution < -0.4 is 5.32 Å². The largest absolute Gasteiger partial charge is 0.396 e. The number of nitrogens with zero attached hydrogens (tertiary/aromatic N) is 1. The topological polar surface area (TPSA) is 45.1 Å². The molecule has 2 rings (SSSR count). The van der Waals surface area contributed by atoms with Crippen LogP contribution in [-0.2, 0) is 0 Å². The zero-order chi connectivity index (χ0) is 13.9. The van der Waals surface area contributed by atoms with Crippen LogP contribution in [0, 0.1) is 23.0 Å². The van der Waals surface area contributed by atoms with Crippen molar-refractivity contribution in [3.05, 3.63) is 23.6 Å². The van der Waals surface area contributed by atoms with Gasteiger partial charge in [-0.05, 0) is 12.8 Å². The van der Waals surface area contributed by atoms with Crippen LogP contribution in [0.3, 0.4) is 0 Å². The lowest BCUT2D eigenvalue weighted by atomic mass is 9.74. The van der Waals surface area contributed by atoms with E-state index in [2.05, 4.69) is 10.3 Å². The van der Waals surface area contributed by atoms with Crippen molar-refractivity contribution in [1.29, 1.82) is 0 Å². The van der Waals surface area contributed by atoms with Crippen LogP contribution in [0.4, 0.5) is 19.0 Å². The van der Waals surface area contributed by atoms with E-state index in [0.717, 1.165) is 32.1 Å². The Hall–Kier alpha value is -1.30. The molecule has 1 aliphatic rings. The minimum atomic E-state index is -1.33. The van der Waals surface area contributed by atoms with E-state index < -0.39 is 17.6 Å². The minimum absolute atomic E-state index is 0.00864. The van der Waals surface area contributed by atoms with Gasteiger partial charge in [0, 0.05) is 18.0 Å². The summed E-state index contributed by atoms with van der Waals surface area (Å²) in [7, 11) is 0.